The Morgan fingerprint density at radius 1 is 1.39 bits per heavy atom. The van der Waals surface area contributed by atoms with Crippen LogP contribution in [0, 0.1) is 12.8 Å². The Kier molecular flexibility index (Phi) is 6.86. The first-order valence-corrected chi connectivity index (χ1v) is 8.43. The quantitative estimate of drug-likeness (QED) is 0.754. The number of urea groups is 1. The number of benzene rings is 1. The van der Waals surface area contributed by atoms with Crippen molar-refractivity contribution in [3.63, 3.8) is 0 Å². The van der Waals surface area contributed by atoms with Gasteiger partial charge in [-0.2, -0.15) is 0 Å². The Labute approximate surface area is 138 Å². The second-order valence-corrected chi connectivity index (χ2v) is 6.37. The van der Waals surface area contributed by atoms with Gasteiger partial charge in [-0.25, -0.2) is 4.79 Å². The molecular weight excluding hydrogens is 292 g/mol. The Morgan fingerprint density at radius 2 is 2.13 bits per heavy atom. The SMILES string of the molecule is Cc1ccc(C2OCCCC2CNC(=O)N[C@H](C)CCO)cc1. The van der Waals surface area contributed by atoms with Crippen molar-refractivity contribution in [3.8, 4) is 0 Å². The Bertz CT molecular complexity index is 490. The molecule has 0 bridgehead atoms. The highest BCUT2D eigenvalue weighted by Gasteiger charge is 2.27. The fourth-order valence-corrected chi connectivity index (χ4v) is 2.94. The molecule has 1 saturated heterocycles. The van der Waals surface area contributed by atoms with Crippen LogP contribution in [-0.2, 0) is 4.74 Å². The van der Waals surface area contributed by atoms with Gasteiger partial charge in [-0.3, -0.25) is 0 Å². The van der Waals surface area contributed by atoms with Crippen molar-refractivity contribution in [2.45, 2.75) is 45.3 Å². The fraction of sp³-hybridized carbons (Fsp3) is 0.611. The summed E-state index contributed by atoms with van der Waals surface area (Å²) < 4.78 is 5.96. The zero-order chi connectivity index (χ0) is 16.7. The van der Waals surface area contributed by atoms with E-state index in [0.717, 1.165) is 19.4 Å². The monoisotopic (exact) mass is 320 g/mol. The molecule has 2 unspecified atom stereocenters. The van der Waals surface area contributed by atoms with Gasteiger partial charge in [-0.05, 0) is 38.7 Å². The zero-order valence-electron chi connectivity index (χ0n) is 14.0. The van der Waals surface area contributed by atoms with Crippen LogP contribution in [0.15, 0.2) is 24.3 Å². The molecule has 128 valence electrons. The summed E-state index contributed by atoms with van der Waals surface area (Å²) in [5.41, 5.74) is 2.41. The summed E-state index contributed by atoms with van der Waals surface area (Å²) >= 11 is 0. The maximum Gasteiger partial charge on any atom is 0.315 e. The van der Waals surface area contributed by atoms with Crippen LogP contribution in [0.25, 0.3) is 0 Å². The molecule has 0 spiro atoms. The van der Waals surface area contributed by atoms with Crippen LogP contribution in [0.3, 0.4) is 0 Å². The average Bonchev–Trinajstić information content (AvgIpc) is 2.54. The number of aliphatic hydroxyl groups is 1. The van der Waals surface area contributed by atoms with Gasteiger partial charge in [0.1, 0.15) is 0 Å². The van der Waals surface area contributed by atoms with Gasteiger partial charge in [0, 0.05) is 31.7 Å². The molecule has 2 rings (SSSR count). The number of hydrogen-bond acceptors (Lipinski definition) is 3. The lowest BCUT2D eigenvalue weighted by molar-refractivity contribution is -0.0269. The minimum atomic E-state index is -0.181. The van der Waals surface area contributed by atoms with E-state index in [9.17, 15) is 4.79 Å². The first-order chi connectivity index (χ1) is 11.1. The molecule has 0 radical (unpaired) electrons. The number of aryl methyl sites for hydroxylation is 1. The molecule has 23 heavy (non-hydrogen) atoms. The zero-order valence-corrected chi connectivity index (χ0v) is 14.0. The number of nitrogens with one attached hydrogen (secondary N) is 2. The minimum Gasteiger partial charge on any atom is -0.396 e. The molecule has 3 atom stereocenters. The van der Waals surface area contributed by atoms with Crippen molar-refractivity contribution in [2.24, 2.45) is 5.92 Å². The summed E-state index contributed by atoms with van der Waals surface area (Å²) in [4.78, 5) is 11.9. The third kappa shape index (κ3) is 5.52. The molecule has 1 aromatic carbocycles. The van der Waals surface area contributed by atoms with Crippen molar-refractivity contribution >= 4 is 6.03 Å². The van der Waals surface area contributed by atoms with Gasteiger partial charge >= 0.3 is 6.03 Å². The van der Waals surface area contributed by atoms with Crippen LogP contribution in [0.2, 0.25) is 0 Å². The number of rotatable bonds is 6. The van der Waals surface area contributed by atoms with Gasteiger partial charge in [0.15, 0.2) is 0 Å². The van der Waals surface area contributed by atoms with Crippen molar-refractivity contribution in [1.29, 1.82) is 0 Å². The number of carbonyl (C=O) groups is 1. The Hall–Kier alpha value is -1.59. The Morgan fingerprint density at radius 3 is 2.83 bits per heavy atom. The van der Waals surface area contributed by atoms with Crippen molar-refractivity contribution in [3.05, 3.63) is 35.4 Å². The smallest absolute Gasteiger partial charge is 0.315 e. The summed E-state index contributed by atoms with van der Waals surface area (Å²) in [6.45, 7) is 5.40. The molecule has 1 aromatic rings. The third-order valence-electron chi connectivity index (χ3n) is 4.32. The second kappa shape index (κ2) is 8.89. The highest BCUT2D eigenvalue weighted by Crippen LogP contribution is 2.33. The van der Waals surface area contributed by atoms with Crippen LogP contribution in [-0.4, -0.2) is 36.9 Å². The normalized spacial score (nSPS) is 22.4. The van der Waals surface area contributed by atoms with Crippen LogP contribution >= 0.6 is 0 Å². The largest absolute Gasteiger partial charge is 0.396 e. The van der Waals surface area contributed by atoms with E-state index in [0.29, 0.717) is 13.0 Å². The van der Waals surface area contributed by atoms with Gasteiger partial charge in [0.2, 0.25) is 0 Å². The number of carbonyl (C=O) groups excluding carboxylic acids is 1. The average molecular weight is 320 g/mol. The summed E-state index contributed by atoms with van der Waals surface area (Å²) in [6, 6.07) is 8.21. The van der Waals surface area contributed by atoms with E-state index in [1.165, 1.54) is 11.1 Å². The highest BCUT2D eigenvalue weighted by molar-refractivity contribution is 5.74. The summed E-state index contributed by atoms with van der Waals surface area (Å²) in [6.07, 6.45) is 2.67. The van der Waals surface area contributed by atoms with Gasteiger partial charge in [-0.1, -0.05) is 29.8 Å². The predicted octanol–water partition coefficient (Wildman–Crippen LogP) is 2.53. The van der Waals surface area contributed by atoms with E-state index in [-0.39, 0.29) is 30.7 Å². The minimum absolute atomic E-state index is 0.0319. The molecule has 2 amide bonds. The van der Waals surface area contributed by atoms with E-state index >= 15 is 0 Å². The molecule has 1 aliphatic rings. The summed E-state index contributed by atoms with van der Waals surface area (Å²) in [7, 11) is 0. The maximum atomic E-state index is 11.9. The number of aliphatic hydroxyl groups excluding tert-OH is 1. The molecule has 1 heterocycles. The fourth-order valence-electron chi connectivity index (χ4n) is 2.94. The van der Waals surface area contributed by atoms with Gasteiger partial charge in [0.05, 0.1) is 6.10 Å². The van der Waals surface area contributed by atoms with E-state index < -0.39 is 0 Å². The first-order valence-electron chi connectivity index (χ1n) is 8.43. The molecule has 1 aliphatic heterocycles. The van der Waals surface area contributed by atoms with Crippen LogP contribution in [0.4, 0.5) is 4.79 Å². The van der Waals surface area contributed by atoms with Gasteiger partial charge in [0.25, 0.3) is 0 Å². The van der Waals surface area contributed by atoms with E-state index in [1.807, 2.05) is 6.92 Å². The standard InChI is InChI=1S/C18H28N2O3/c1-13-5-7-15(8-6-13)17-16(4-3-11-23-17)12-19-18(22)20-14(2)9-10-21/h5-8,14,16-17,21H,3-4,9-12H2,1-2H3,(H2,19,20,22)/t14-,16?,17?/m1/s1. The van der Waals surface area contributed by atoms with Crippen LogP contribution < -0.4 is 10.6 Å². The summed E-state index contributed by atoms with van der Waals surface area (Å²) in [5.74, 6) is 0.283. The molecule has 0 saturated carbocycles. The lowest BCUT2D eigenvalue weighted by Gasteiger charge is -2.32. The number of amides is 2. The van der Waals surface area contributed by atoms with Crippen LogP contribution in [0.5, 0.6) is 0 Å². The molecule has 5 heteroatoms. The lowest BCUT2D eigenvalue weighted by atomic mass is 9.89. The second-order valence-electron chi connectivity index (χ2n) is 6.37. The topological polar surface area (TPSA) is 70.6 Å². The molecule has 3 N–H and O–H groups in total. The number of hydrogen-bond donors (Lipinski definition) is 3. The molecule has 0 aliphatic carbocycles. The van der Waals surface area contributed by atoms with E-state index in [1.54, 1.807) is 0 Å². The molecule has 0 aromatic heterocycles. The van der Waals surface area contributed by atoms with E-state index in [2.05, 4.69) is 41.8 Å². The molecule has 1 fully saturated rings. The predicted molar refractivity (Wildman–Crippen MR) is 90.3 cm³/mol. The molecular formula is C18H28N2O3. The summed E-state index contributed by atoms with van der Waals surface area (Å²) in [5, 5.41) is 14.6. The highest BCUT2D eigenvalue weighted by atomic mass is 16.5. The maximum absolute atomic E-state index is 11.9. The van der Waals surface area contributed by atoms with Gasteiger partial charge in [-0.15, -0.1) is 0 Å². The first kappa shape index (κ1) is 17.8. The van der Waals surface area contributed by atoms with Gasteiger partial charge < -0.3 is 20.5 Å². The van der Waals surface area contributed by atoms with E-state index in [4.69, 9.17) is 9.84 Å². The van der Waals surface area contributed by atoms with Crippen molar-refractivity contribution < 1.29 is 14.6 Å². The van der Waals surface area contributed by atoms with Crippen LogP contribution in [0.1, 0.15) is 43.4 Å². The number of ether oxygens (including phenoxy) is 1. The lowest BCUT2D eigenvalue weighted by Crippen LogP contribution is -2.44. The molecule has 5 nitrogen and oxygen atoms in total. The van der Waals surface area contributed by atoms with Crippen molar-refractivity contribution in [2.75, 3.05) is 19.8 Å². The Balaban J connectivity index is 1.89. The van der Waals surface area contributed by atoms with Crippen molar-refractivity contribution in [1.82, 2.24) is 10.6 Å². The third-order valence-corrected chi connectivity index (χ3v) is 4.32.